The van der Waals surface area contributed by atoms with Crippen LogP contribution in [0.3, 0.4) is 0 Å². The number of aromatic carboxylic acids is 1. The first-order chi connectivity index (χ1) is 9.95. The standard InChI is InChI=1S/C13H14N4O3S/c1-7(2)10-6-21-13(16-10)17-12(20)15-8-3-4-9(11(18)19)14-5-8/h3-7H,1-2H3,(H,18,19)(H2,15,16,17,20). The second-order valence-corrected chi connectivity index (χ2v) is 5.41. The van der Waals surface area contributed by atoms with Crippen LogP contribution >= 0.6 is 11.3 Å². The highest BCUT2D eigenvalue weighted by molar-refractivity contribution is 7.13. The lowest BCUT2D eigenvalue weighted by atomic mass is 10.2. The molecule has 0 saturated heterocycles. The number of carboxylic acid groups (broad SMARTS) is 1. The number of hydrogen-bond donors (Lipinski definition) is 3. The molecule has 0 aromatic carbocycles. The number of aromatic nitrogens is 2. The summed E-state index contributed by atoms with van der Waals surface area (Å²) in [5, 5.41) is 16.3. The van der Waals surface area contributed by atoms with Crippen molar-refractivity contribution in [2.45, 2.75) is 19.8 Å². The molecule has 2 amide bonds. The molecule has 2 heterocycles. The monoisotopic (exact) mass is 306 g/mol. The summed E-state index contributed by atoms with van der Waals surface area (Å²) in [6.45, 7) is 4.04. The van der Waals surface area contributed by atoms with Gasteiger partial charge in [0.25, 0.3) is 0 Å². The van der Waals surface area contributed by atoms with Crippen molar-refractivity contribution in [3.05, 3.63) is 35.1 Å². The Kier molecular flexibility index (Phi) is 4.49. The molecule has 0 saturated carbocycles. The van der Waals surface area contributed by atoms with Crippen molar-refractivity contribution < 1.29 is 14.7 Å². The molecule has 0 radical (unpaired) electrons. The van der Waals surface area contributed by atoms with Crippen LogP contribution in [0, 0.1) is 0 Å². The van der Waals surface area contributed by atoms with Gasteiger partial charge in [-0.05, 0) is 18.1 Å². The highest BCUT2D eigenvalue weighted by Crippen LogP contribution is 2.21. The summed E-state index contributed by atoms with van der Waals surface area (Å²) in [7, 11) is 0. The van der Waals surface area contributed by atoms with E-state index in [0.29, 0.717) is 16.7 Å². The zero-order valence-corrected chi connectivity index (χ0v) is 12.3. The van der Waals surface area contributed by atoms with Crippen molar-refractivity contribution in [3.63, 3.8) is 0 Å². The van der Waals surface area contributed by atoms with E-state index in [0.717, 1.165) is 5.69 Å². The van der Waals surface area contributed by atoms with Crippen molar-refractivity contribution in [1.29, 1.82) is 0 Å². The van der Waals surface area contributed by atoms with Gasteiger partial charge in [0.05, 0.1) is 17.6 Å². The number of hydrogen-bond acceptors (Lipinski definition) is 5. The van der Waals surface area contributed by atoms with Crippen LogP contribution in [0.25, 0.3) is 0 Å². The SMILES string of the molecule is CC(C)c1csc(NC(=O)Nc2ccc(C(=O)O)nc2)n1. The highest BCUT2D eigenvalue weighted by atomic mass is 32.1. The Balaban J connectivity index is 1.96. The summed E-state index contributed by atoms with van der Waals surface area (Å²) < 4.78 is 0. The Bertz CT molecular complexity index is 652. The van der Waals surface area contributed by atoms with Crippen LogP contribution in [-0.2, 0) is 0 Å². The van der Waals surface area contributed by atoms with Crippen molar-refractivity contribution >= 4 is 34.2 Å². The molecule has 0 aliphatic rings. The maximum Gasteiger partial charge on any atom is 0.354 e. The number of thiazole rings is 1. The number of carboxylic acids is 1. The lowest BCUT2D eigenvalue weighted by Crippen LogP contribution is -2.19. The minimum atomic E-state index is -1.12. The summed E-state index contributed by atoms with van der Waals surface area (Å²) in [4.78, 5) is 30.4. The van der Waals surface area contributed by atoms with E-state index >= 15 is 0 Å². The molecule has 7 nitrogen and oxygen atoms in total. The Labute approximate surface area is 125 Å². The molecule has 2 rings (SSSR count). The zero-order valence-electron chi connectivity index (χ0n) is 11.5. The van der Waals surface area contributed by atoms with E-state index in [1.54, 1.807) is 0 Å². The first kappa shape index (κ1) is 14.9. The molecule has 2 aromatic rings. The molecule has 0 bridgehead atoms. The first-order valence-electron chi connectivity index (χ1n) is 6.18. The van der Waals surface area contributed by atoms with Crippen LogP contribution < -0.4 is 10.6 Å². The summed E-state index contributed by atoms with van der Waals surface area (Å²) in [6, 6.07) is 2.33. The lowest BCUT2D eigenvalue weighted by Gasteiger charge is -2.05. The lowest BCUT2D eigenvalue weighted by molar-refractivity contribution is 0.0690. The number of carbonyl (C=O) groups is 2. The Morgan fingerprint density at radius 3 is 2.57 bits per heavy atom. The van der Waals surface area contributed by atoms with E-state index in [9.17, 15) is 9.59 Å². The average Bonchev–Trinajstić information content (AvgIpc) is 2.87. The van der Waals surface area contributed by atoms with Crippen molar-refractivity contribution in [1.82, 2.24) is 9.97 Å². The van der Waals surface area contributed by atoms with E-state index in [1.165, 1.54) is 29.7 Å². The van der Waals surface area contributed by atoms with Crippen molar-refractivity contribution in [2.24, 2.45) is 0 Å². The molecule has 110 valence electrons. The summed E-state index contributed by atoms with van der Waals surface area (Å²) >= 11 is 1.35. The first-order valence-corrected chi connectivity index (χ1v) is 7.06. The fourth-order valence-corrected chi connectivity index (χ4v) is 2.33. The van der Waals surface area contributed by atoms with Crippen LogP contribution in [0.15, 0.2) is 23.7 Å². The largest absolute Gasteiger partial charge is 0.477 e. The number of nitrogens with one attached hydrogen (secondary N) is 2. The number of rotatable bonds is 4. The molecule has 0 aliphatic heterocycles. The van der Waals surface area contributed by atoms with Gasteiger partial charge in [-0.15, -0.1) is 11.3 Å². The Morgan fingerprint density at radius 1 is 1.29 bits per heavy atom. The summed E-state index contributed by atoms with van der Waals surface area (Å²) in [5.74, 6) is -0.817. The maximum absolute atomic E-state index is 11.8. The van der Waals surface area contributed by atoms with Crippen LogP contribution in [0.2, 0.25) is 0 Å². The van der Waals surface area contributed by atoms with Gasteiger partial charge in [0.1, 0.15) is 5.69 Å². The Morgan fingerprint density at radius 2 is 2.05 bits per heavy atom. The van der Waals surface area contributed by atoms with E-state index < -0.39 is 12.0 Å². The highest BCUT2D eigenvalue weighted by Gasteiger charge is 2.09. The van der Waals surface area contributed by atoms with Gasteiger partial charge in [-0.2, -0.15) is 0 Å². The maximum atomic E-state index is 11.8. The number of amides is 2. The van der Waals surface area contributed by atoms with Crippen LogP contribution in [0.1, 0.15) is 35.9 Å². The summed E-state index contributed by atoms with van der Waals surface area (Å²) in [6.07, 6.45) is 1.28. The van der Waals surface area contributed by atoms with E-state index in [4.69, 9.17) is 5.11 Å². The predicted octanol–water partition coefficient (Wildman–Crippen LogP) is 3.00. The van der Waals surface area contributed by atoms with Crippen molar-refractivity contribution in [2.75, 3.05) is 10.6 Å². The molecule has 0 aliphatic carbocycles. The number of nitrogens with zero attached hydrogens (tertiary/aromatic N) is 2. The van der Waals surface area contributed by atoms with E-state index in [-0.39, 0.29) is 5.69 Å². The fourth-order valence-electron chi connectivity index (χ4n) is 1.46. The van der Waals surface area contributed by atoms with Crippen molar-refractivity contribution in [3.8, 4) is 0 Å². The minimum absolute atomic E-state index is 0.0811. The molecule has 8 heteroatoms. The third-order valence-electron chi connectivity index (χ3n) is 2.57. The number of carbonyl (C=O) groups excluding carboxylic acids is 1. The van der Waals surface area contributed by atoms with Gasteiger partial charge < -0.3 is 10.4 Å². The van der Waals surface area contributed by atoms with Gasteiger partial charge in [-0.1, -0.05) is 13.8 Å². The van der Waals surface area contributed by atoms with Crippen LogP contribution in [0.4, 0.5) is 15.6 Å². The minimum Gasteiger partial charge on any atom is -0.477 e. The smallest absolute Gasteiger partial charge is 0.354 e. The van der Waals surface area contributed by atoms with E-state index in [1.807, 2.05) is 19.2 Å². The fraction of sp³-hybridized carbons (Fsp3) is 0.231. The van der Waals surface area contributed by atoms with Gasteiger partial charge in [0, 0.05) is 5.38 Å². The number of anilines is 2. The van der Waals surface area contributed by atoms with Gasteiger partial charge in [-0.3, -0.25) is 5.32 Å². The molecule has 21 heavy (non-hydrogen) atoms. The second-order valence-electron chi connectivity index (χ2n) is 4.55. The normalized spacial score (nSPS) is 10.4. The third kappa shape index (κ3) is 3.99. The number of pyridine rings is 1. The van der Waals surface area contributed by atoms with Crippen LogP contribution in [-0.4, -0.2) is 27.1 Å². The molecule has 0 unspecified atom stereocenters. The average molecular weight is 306 g/mol. The number of urea groups is 1. The molecule has 2 aromatic heterocycles. The summed E-state index contributed by atoms with van der Waals surface area (Å²) in [5.41, 5.74) is 1.24. The Hall–Kier alpha value is -2.48. The van der Waals surface area contributed by atoms with Gasteiger partial charge in [-0.25, -0.2) is 19.6 Å². The van der Waals surface area contributed by atoms with Gasteiger partial charge in [0.15, 0.2) is 5.13 Å². The predicted molar refractivity (Wildman–Crippen MR) is 80.0 cm³/mol. The quantitative estimate of drug-likeness (QED) is 0.805. The third-order valence-corrected chi connectivity index (χ3v) is 3.35. The molecular weight excluding hydrogens is 292 g/mol. The van der Waals surface area contributed by atoms with Crippen LogP contribution in [0.5, 0.6) is 0 Å². The van der Waals surface area contributed by atoms with Gasteiger partial charge in [0.2, 0.25) is 0 Å². The van der Waals surface area contributed by atoms with E-state index in [2.05, 4.69) is 20.6 Å². The molecule has 3 N–H and O–H groups in total. The molecule has 0 spiro atoms. The molecule has 0 atom stereocenters. The second kappa shape index (κ2) is 6.31. The molecule has 0 fully saturated rings. The van der Waals surface area contributed by atoms with Gasteiger partial charge >= 0.3 is 12.0 Å². The molecular formula is C13H14N4O3S. The topological polar surface area (TPSA) is 104 Å². The zero-order chi connectivity index (χ0) is 15.4.